The van der Waals surface area contributed by atoms with E-state index >= 15 is 0 Å². The Labute approximate surface area is 126 Å². The van der Waals surface area contributed by atoms with Crippen molar-refractivity contribution >= 4 is 11.9 Å². The number of carbonyl (C=O) groups is 1. The van der Waals surface area contributed by atoms with Crippen molar-refractivity contribution in [2.24, 2.45) is 0 Å². The van der Waals surface area contributed by atoms with Gasteiger partial charge in [0.05, 0.1) is 0 Å². The number of hydrogen-bond donors (Lipinski definition) is 0. The van der Waals surface area contributed by atoms with Gasteiger partial charge >= 0.3 is 0 Å². The third-order valence-corrected chi connectivity index (χ3v) is 3.26. The van der Waals surface area contributed by atoms with E-state index in [1.807, 2.05) is 54.6 Å². The van der Waals surface area contributed by atoms with Gasteiger partial charge in [0.25, 0.3) is 0 Å². The molecule has 0 aliphatic rings. The van der Waals surface area contributed by atoms with Crippen molar-refractivity contribution in [1.29, 1.82) is 0 Å². The van der Waals surface area contributed by atoms with Gasteiger partial charge in [-0.15, -0.1) is 0 Å². The summed E-state index contributed by atoms with van der Waals surface area (Å²) in [4.78, 5) is 12.1. The fourth-order valence-corrected chi connectivity index (χ4v) is 2.06. The van der Waals surface area contributed by atoms with Crippen molar-refractivity contribution in [3.05, 3.63) is 89.0 Å². The Bertz CT molecular complexity index is 659. The Balaban J connectivity index is 2.17. The molecule has 2 rings (SSSR count). The van der Waals surface area contributed by atoms with Gasteiger partial charge in [-0.25, -0.2) is 0 Å². The molecule has 0 saturated carbocycles. The number of benzene rings is 2. The predicted octanol–water partition coefficient (Wildman–Crippen LogP) is 5.09. The molecular weight excluding hydrogens is 256 g/mol. The minimum absolute atomic E-state index is 0.0348. The number of ketones is 1. The molecular formula is C20H20O. The molecule has 0 saturated heterocycles. The van der Waals surface area contributed by atoms with E-state index < -0.39 is 0 Å². The van der Waals surface area contributed by atoms with E-state index in [0.717, 1.165) is 17.5 Å². The number of allylic oxidation sites excluding steroid dienone is 3. The maximum Gasteiger partial charge on any atom is 0.185 e. The zero-order chi connectivity index (χ0) is 15.1. The minimum Gasteiger partial charge on any atom is -0.289 e. The molecule has 0 heterocycles. The fourth-order valence-electron chi connectivity index (χ4n) is 2.06. The molecule has 0 unspecified atom stereocenters. The molecule has 1 heteroatoms. The summed E-state index contributed by atoms with van der Waals surface area (Å²) in [6.07, 6.45) is 6.65. The zero-order valence-electron chi connectivity index (χ0n) is 12.5. The van der Waals surface area contributed by atoms with E-state index in [-0.39, 0.29) is 5.78 Å². The van der Waals surface area contributed by atoms with Crippen LogP contribution >= 0.6 is 0 Å². The summed E-state index contributed by atoms with van der Waals surface area (Å²) in [5, 5.41) is 0. The highest BCUT2D eigenvalue weighted by Crippen LogP contribution is 2.13. The summed E-state index contributed by atoms with van der Waals surface area (Å²) in [5.74, 6) is 0.0348. The van der Waals surface area contributed by atoms with Crippen LogP contribution in [0.5, 0.6) is 0 Å². The van der Waals surface area contributed by atoms with Gasteiger partial charge < -0.3 is 0 Å². The fraction of sp³-hybridized carbons (Fsp3) is 0.150. The van der Waals surface area contributed by atoms with Crippen LogP contribution in [0.4, 0.5) is 0 Å². The lowest BCUT2D eigenvalue weighted by atomic mass is 10.0. The zero-order valence-corrected chi connectivity index (χ0v) is 12.5. The average Bonchev–Trinajstić information content (AvgIpc) is 2.52. The summed E-state index contributed by atoms with van der Waals surface area (Å²) in [5.41, 5.74) is 4.35. The number of rotatable bonds is 5. The first-order valence-electron chi connectivity index (χ1n) is 7.15. The van der Waals surface area contributed by atoms with Crippen LogP contribution < -0.4 is 0 Å². The largest absolute Gasteiger partial charge is 0.289 e. The standard InChI is InChI=1S/C20H20O/c1-16(2)12-13-17-8-6-7-9-18(17)14-15-20(21)19-10-4-3-5-11-19/h3-12,14-15H,13H2,1-2H3/b15-14+. The van der Waals surface area contributed by atoms with Crippen molar-refractivity contribution in [1.82, 2.24) is 0 Å². The molecule has 0 aliphatic heterocycles. The van der Waals surface area contributed by atoms with Crippen LogP contribution in [0.2, 0.25) is 0 Å². The average molecular weight is 276 g/mol. The molecule has 0 N–H and O–H groups in total. The summed E-state index contributed by atoms with van der Waals surface area (Å²) >= 11 is 0. The van der Waals surface area contributed by atoms with E-state index in [4.69, 9.17) is 0 Å². The summed E-state index contributed by atoms with van der Waals surface area (Å²) in [7, 11) is 0. The smallest absolute Gasteiger partial charge is 0.185 e. The van der Waals surface area contributed by atoms with Gasteiger partial charge in [-0.1, -0.05) is 72.3 Å². The van der Waals surface area contributed by atoms with Gasteiger partial charge in [0, 0.05) is 5.56 Å². The lowest BCUT2D eigenvalue weighted by Crippen LogP contribution is -1.93. The van der Waals surface area contributed by atoms with Crippen LogP contribution in [0.3, 0.4) is 0 Å². The Hall–Kier alpha value is -2.41. The third kappa shape index (κ3) is 4.57. The molecule has 0 radical (unpaired) electrons. The quantitative estimate of drug-likeness (QED) is 0.422. The first kappa shape index (κ1) is 15.0. The number of carbonyl (C=O) groups excluding carboxylic acids is 1. The van der Waals surface area contributed by atoms with Crippen molar-refractivity contribution in [2.45, 2.75) is 20.3 Å². The molecule has 0 atom stereocenters. The normalized spacial score (nSPS) is 10.6. The first-order valence-corrected chi connectivity index (χ1v) is 7.15. The van der Waals surface area contributed by atoms with E-state index in [1.54, 1.807) is 6.08 Å². The van der Waals surface area contributed by atoms with Crippen molar-refractivity contribution in [3.63, 3.8) is 0 Å². The van der Waals surface area contributed by atoms with Crippen molar-refractivity contribution < 1.29 is 4.79 Å². The molecule has 2 aromatic rings. The Morgan fingerprint density at radius 1 is 0.952 bits per heavy atom. The van der Waals surface area contributed by atoms with Crippen molar-refractivity contribution in [2.75, 3.05) is 0 Å². The van der Waals surface area contributed by atoms with Crippen LogP contribution in [0.15, 0.2) is 72.3 Å². The lowest BCUT2D eigenvalue weighted by Gasteiger charge is -2.03. The second kappa shape index (κ2) is 7.39. The molecule has 0 aliphatic carbocycles. The molecule has 0 spiro atoms. The van der Waals surface area contributed by atoms with Crippen molar-refractivity contribution in [3.8, 4) is 0 Å². The molecule has 106 valence electrons. The summed E-state index contributed by atoms with van der Waals surface area (Å²) in [6.45, 7) is 4.19. The third-order valence-electron chi connectivity index (χ3n) is 3.26. The van der Waals surface area contributed by atoms with E-state index in [2.05, 4.69) is 26.0 Å². The first-order chi connectivity index (χ1) is 10.2. The van der Waals surface area contributed by atoms with Crippen LogP contribution in [-0.2, 0) is 6.42 Å². The second-order valence-electron chi connectivity index (χ2n) is 5.25. The van der Waals surface area contributed by atoms with Gasteiger partial charge in [-0.2, -0.15) is 0 Å². The SMILES string of the molecule is CC(C)=CCc1ccccc1/C=C/C(=O)c1ccccc1. The maximum absolute atomic E-state index is 12.1. The molecule has 0 amide bonds. The molecule has 1 nitrogen and oxygen atoms in total. The highest BCUT2D eigenvalue weighted by molar-refractivity contribution is 6.06. The molecule has 0 aromatic heterocycles. The van der Waals surface area contributed by atoms with E-state index in [9.17, 15) is 4.79 Å². The lowest BCUT2D eigenvalue weighted by molar-refractivity contribution is 0.104. The summed E-state index contributed by atoms with van der Waals surface area (Å²) < 4.78 is 0. The highest BCUT2D eigenvalue weighted by atomic mass is 16.1. The Kier molecular flexibility index (Phi) is 5.28. The van der Waals surface area contributed by atoms with E-state index in [0.29, 0.717) is 0 Å². The second-order valence-corrected chi connectivity index (χ2v) is 5.25. The Morgan fingerprint density at radius 3 is 2.33 bits per heavy atom. The van der Waals surface area contributed by atoms with Gasteiger partial charge in [-0.3, -0.25) is 4.79 Å². The highest BCUT2D eigenvalue weighted by Gasteiger charge is 2.01. The maximum atomic E-state index is 12.1. The molecule has 2 aromatic carbocycles. The minimum atomic E-state index is 0.0348. The number of hydrogen-bond acceptors (Lipinski definition) is 1. The Morgan fingerprint density at radius 2 is 1.62 bits per heavy atom. The van der Waals surface area contributed by atoms with E-state index in [1.165, 1.54) is 11.1 Å². The molecule has 0 bridgehead atoms. The predicted molar refractivity (Wildman–Crippen MR) is 89.4 cm³/mol. The van der Waals surface area contributed by atoms with Crippen LogP contribution in [0.25, 0.3) is 6.08 Å². The molecule has 21 heavy (non-hydrogen) atoms. The van der Waals surface area contributed by atoms with Crippen LogP contribution in [0.1, 0.15) is 35.3 Å². The van der Waals surface area contributed by atoms with Gasteiger partial charge in [0.2, 0.25) is 0 Å². The summed E-state index contributed by atoms with van der Waals surface area (Å²) in [6, 6.07) is 17.5. The van der Waals surface area contributed by atoms with Crippen LogP contribution in [0, 0.1) is 0 Å². The van der Waals surface area contributed by atoms with Crippen LogP contribution in [-0.4, -0.2) is 5.78 Å². The topological polar surface area (TPSA) is 17.1 Å². The van der Waals surface area contributed by atoms with Gasteiger partial charge in [0.15, 0.2) is 5.78 Å². The van der Waals surface area contributed by atoms with Gasteiger partial charge in [0.1, 0.15) is 0 Å². The molecule has 0 fully saturated rings. The monoisotopic (exact) mass is 276 g/mol. The van der Waals surface area contributed by atoms with Gasteiger partial charge in [-0.05, 0) is 37.5 Å².